The molecule has 0 bridgehead atoms. The number of carbonyl (C=O) groups excluding carboxylic acids is 2. The highest BCUT2D eigenvalue weighted by atomic mass is 35.5. The first-order valence-corrected chi connectivity index (χ1v) is 11.7. The van der Waals surface area contributed by atoms with Gasteiger partial charge in [0.1, 0.15) is 28.8 Å². The molecule has 2 aromatic carbocycles. The minimum absolute atomic E-state index is 0.0713. The lowest BCUT2D eigenvalue weighted by Gasteiger charge is -2.20. The normalized spacial score (nSPS) is 14.6. The summed E-state index contributed by atoms with van der Waals surface area (Å²) in [5.74, 6) is -1.22. The molecular formula is C25H21ClF3N5O4. The highest BCUT2D eigenvalue weighted by Gasteiger charge is 2.45. The Kier molecular flexibility index (Phi) is 7.50. The zero-order chi connectivity index (χ0) is 27.5. The molecule has 0 radical (unpaired) electrons. The summed E-state index contributed by atoms with van der Waals surface area (Å²) < 4.78 is 46.7. The number of hydrogen-bond acceptors (Lipinski definition) is 6. The summed E-state index contributed by atoms with van der Waals surface area (Å²) in [4.78, 5) is 26.0. The third kappa shape index (κ3) is 6.54. The van der Waals surface area contributed by atoms with E-state index in [0.29, 0.717) is 29.8 Å². The molecule has 3 N–H and O–H groups in total. The Hall–Kier alpha value is -4.24. The first-order valence-electron chi connectivity index (χ1n) is 11.3. The van der Waals surface area contributed by atoms with Crippen LogP contribution < -0.4 is 20.1 Å². The number of alkyl halides is 3. The predicted octanol–water partition coefficient (Wildman–Crippen LogP) is 4.15. The molecule has 1 heterocycles. The van der Waals surface area contributed by atoms with E-state index in [1.807, 2.05) is 6.07 Å². The lowest BCUT2D eigenvalue weighted by Crippen LogP contribution is -2.51. The molecule has 1 aromatic heterocycles. The Morgan fingerprint density at radius 1 is 1.21 bits per heavy atom. The maximum Gasteiger partial charge on any atom is 0.573 e. The Labute approximate surface area is 219 Å². The summed E-state index contributed by atoms with van der Waals surface area (Å²) in [6.07, 6.45) is -4.11. The number of H-pyrrole nitrogens is 1. The van der Waals surface area contributed by atoms with E-state index >= 15 is 0 Å². The van der Waals surface area contributed by atoms with Gasteiger partial charge < -0.3 is 20.1 Å². The van der Waals surface area contributed by atoms with Crippen molar-refractivity contribution in [2.24, 2.45) is 0 Å². The van der Waals surface area contributed by atoms with Gasteiger partial charge in [-0.2, -0.15) is 10.4 Å². The van der Waals surface area contributed by atoms with Crippen molar-refractivity contribution in [1.29, 1.82) is 5.26 Å². The fourth-order valence-corrected chi connectivity index (χ4v) is 3.86. The molecule has 0 unspecified atom stereocenters. The number of halogens is 4. The molecule has 1 fully saturated rings. The van der Waals surface area contributed by atoms with Crippen LogP contribution in [0.3, 0.4) is 0 Å². The molecule has 0 spiro atoms. The van der Waals surface area contributed by atoms with E-state index in [1.165, 1.54) is 18.2 Å². The van der Waals surface area contributed by atoms with E-state index in [4.69, 9.17) is 16.3 Å². The van der Waals surface area contributed by atoms with Gasteiger partial charge in [-0.3, -0.25) is 14.7 Å². The van der Waals surface area contributed by atoms with Gasteiger partial charge in [0.2, 0.25) is 5.91 Å². The molecule has 0 aliphatic heterocycles. The number of benzene rings is 2. The second-order valence-electron chi connectivity index (χ2n) is 8.62. The van der Waals surface area contributed by atoms with Crippen LogP contribution in [-0.2, 0) is 11.2 Å². The minimum atomic E-state index is -4.92. The van der Waals surface area contributed by atoms with Crippen LogP contribution in [0.1, 0.15) is 28.9 Å². The maximum atomic E-state index is 13.0. The zero-order valence-corrected chi connectivity index (χ0v) is 20.6. The van der Waals surface area contributed by atoms with Crippen molar-refractivity contribution in [3.8, 4) is 28.8 Å². The van der Waals surface area contributed by atoms with Gasteiger partial charge in [-0.15, -0.1) is 13.2 Å². The standard InChI is InChI=1S/C25H21ClF3N5O4/c1-37-16-5-3-15(4-6-16)18-12-20(34-33-18)22(35)31-19(23(36)32-24(13-30)8-9-24)11-14-2-7-21(17(26)10-14)38-25(27,28)29/h2-7,10,12,19H,8-9,11H2,1H3,(H,31,35)(H,32,36)(H,33,34)/t19-/m0/s1. The predicted molar refractivity (Wildman–Crippen MR) is 129 cm³/mol. The highest BCUT2D eigenvalue weighted by Crippen LogP contribution is 2.35. The molecule has 198 valence electrons. The Morgan fingerprint density at radius 2 is 1.92 bits per heavy atom. The second kappa shape index (κ2) is 10.6. The van der Waals surface area contributed by atoms with Gasteiger partial charge in [0.15, 0.2) is 0 Å². The van der Waals surface area contributed by atoms with Crippen molar-refractivity contribution >= 4 is 23.4 Å². The molecule has 3 aromatic rings. The average Bonchev–Trinajstić information content (AvgIpc) is 3.47. The van der Waals surface area contributed by atoms with E-state index in [9.17, 15) is 28.0 Å². The second-order valence-corrected chi connectivity index (χ2v) is 9.03. The van der Waals surface area contributed by atoms with Crippen LogP contribution in [0, 0.1) is 11.3 Å². The first-order chi connectivity index (χ1) is 18.0. The van der Waals surface area contributed by atoms with Gasteiger partial charge in [0.25, 0.3) is 5.91 Å². The number of methoxy groups -OCH3 is 1. The fourth-order valence-electron chi connectivity index (χ4n) is 3.62. The van der Waals surface area contributed by atoms with Crippen LogP contribution in [-0.4, -0.2) is 47.1 Å². The largest absolute Gasteiger partial charge is 0.573 e. The Bertz CT molecular complexity index is 1380. The van der Waals surface area contributed by atoms with Crippen molar-refractivity contribution < 1.29 is 32.2 Å². The number of nitriles is 1. The number of hydrogen-bond donors (Lipinski definition) is 3. The van der Waals surface area contributed by atoms with Gasteiger partial charge >= 0.3 is 6.36 Å². The molecule has 2 amide bonds. The SMILES string of the molecule is COc1ccc(-c2cc(C(=O)N[C@@H](Cc3ccc(OC(F)(F)F)c(Cl)c3)C(=O)NC3(C#N)CC3)[nH]n2)cc1. The van der Waals surface area contributed by atoms with Crippen molar-refractivity contribution in [3.05, 3.63) is 64.8 Å². The molecule has 1 aliphatic carbocycles. The molecule has 13 heteroatoms. The molecular weight excluding hydrogens is 527 g/mol. The summed E-state index contributed by atoms with van der Waals surface area (Å²) in [7, 11) is 1.54. The van der Waals surface area contributed by atoms with E-state index < -0.39 is 35.5 Å². The third-order valence-electron chi connectivity index (χ3n) is 5.82. The van der Waals surface area contributed by atoms with Crippen molar-refractivity contribution in [2.75, 3.05) is 7.11 Å². The van der Waals surface area contributed by atoms with Crippen molar-refractivity contribution in [3.63, 3.8) is 0 Å². The van der Waals surface area contributed by atoms with Gasteiger partial charge in [0, 0.05) is 12.0 Å². The van der Waals surface area contributed by atoms with Gasteiger partial charge in [-0.05, 0) is 60.9 Å². The molecule has 0 saturated heterocycles. The number of aromatic nitrogens is 2. The van der Waals surface area contributed by atoms with Crippen LogP contribution in [0.4, 0.5) is 13.2 Å². The van der Waals surface area contributed by atoms with Crippen LogP contribution in [0.15, 0.2) is 48.5 Å². The number of amides is 2. The average molecular weight is 548 g/mol. The maximum absolute atomic E-state index is 13.0. The fraction of sp³-hybridized carbons (Fsp3) is 0.280. The highest BCUT2D eigenvalue weighted by molar-refractivity contribution is 6.32. The molecule has 1 atom stereocenters. The van der Waals surface area contributed by atoms with E-state index in [-0.39, 0.29) is 17.1 Å². The van der Waals surface area contributed by atoms with Crippen molar-refractivity contribution in [1.82, 2.24) is 20.8 Å². The first kappa shape index (κ1) is 26.8. The van der Waals surface area contributed by atoms with Gasteiger partial charge in [0.05, 0.1) is 23.9 Å². The Balaban J connectivity index is 1.52. The molecule has 1 aliphatic rings. The number of nitrogens with zero attached hydrogens (tertiary/aromatic N) is 2. The number of rotatable bonds is 9. The van der Waals surface area contributed by atoms with Gasteiger partial charge in [-0.1, -0.05) is 17.7 Å². The number of carbonyl (C=O) groups is 2. The van der Waals surface area contributed by atoms with Gasteiger partial charge in [-0.25, -0.2) is 0 Å². The lowest BCUT2D eigenvalue weighted by atomic mass is 10.0. The lowest BCUT2D eigenvalue weighted by molar-refractivity contribution is -0.274. The van der Waals surface area contributed by atoms with Crippen LogP contribution in [0.5, 0.6) is 11.5 Å². The van der Waals surface area contributed by atoms with Crippen molar-refractivity contribution in [2.45, 2.75) is 37.2 Å². The summed E-state index contributed by atoms with van der Waals surface area (Å²) in [5, 5.41) is 21.0. The van der Waals surface area contributed by atoms with Crippen LogP contribution in [0.2, 0.25) is 5.02 Å². The number of aromatic amines is 1. The minimum Gasteiger partial charge on any atom is -0.497 e. The van der Waals surface area contributed by atoms with E-state index in [1.54, 1.807) is 31.4 Å². The monoisotopic (exact) mass is 547 g/mol. The summed E-state index contributed by atoms with van der Waals surface area (Å²) in [6, 6.07) is 12.9. The van der Waals surface area contributed by atoms with E-state index in [0.717, 1.165) is 11.6 Å². The van der Waals surface area contributed by atoms with Crippen LogP contribution >= 0.6 is 11.6 Å². The summed E-state index contributed by atoms with van der Waals surface area (Å²) >= 11 is 5.94. The number of ether oxygens (including phenoxy) is 2. The Morgan fingerprint density at radius 3 is 2.50 bits per heavy atom. The summed E-state index contributed by atoms with van der Waals surface area (Å²) in [5.41, 5.74) is 0.623. The smallest absolute Gasteiger partial charge is 0.497 e. The van der Waals surface area contributed by atoms with E-state index in [2.05, 4.69) is 25.6 Å². The quantitative estimate of drug-likeness (QED) is 0.369. The topological polar surface area (TPSA) is 129 Å². The van der Waals surface area contributed by atoms with Crippen LogP contribution in [0.25, 0.3) is 11.3 Å². The summed E-state index contributed by atoms with van der Waals surface area (Å²) in [6.45, 7) is 0. The molecule has 9 nitrogen and oxygen atoms in total. The zero-order valence-electron chi connectivity index (χ0n) is 19.9. The molecule has 38 heavy (non-hydrogen) atoms. The molecule has 1 saturated carbocycles. The molecule has 4 rings (SSSR count). The third-order valence-corrected chi connectivity index (χ3v) is 6.11. The number of nitrogens with one attached hydrogen (secondary N) is 3.